The highest BCUT2D eigenvalue weighted by molar-refractivity contribution is 5.92. The molecule has 21 heavy (non-hydrogen) atoms. The van der Waals surface area contributed by atoms with Crippen molar-refractivity contribution < 1.29 is 4.74 Å². The van der Waals surface area contributed by atoms with Crippen LogP contribution in [0.25, 0.3) is 10.8 Å². The number of pyridine rings is 1. The van der Waals surface area contributed by atoms with Crippen LogP contribution in [0.15, 0.2) is 30.5 Å². The molecule has 1 aromatic carbocycles. The van der Waals surface area contributed by atoms with Crippen LogP contribution in [0.1, 0.15) is 27.2 Å². The van der Waals surface area contributed by atoms with E-state index in [-0.39, 0.29) is 11.5 Å². The zero-order valence-electron chi connectivity index (χ0n) is 13.3. The van der Waals surface area contributed by atoms with Crippen LogP contribution in [0.2, 0.25) is 0 Å². The Balaban J connectivity index is 2.12. The van der Waals surface area contributed by atoms with Crippen molar-refractivity contribution in [3.8, 4) is 5.75 Å². The Labute approximate surface area is 126 Å². The van der Waals surface area contributed by atoms with Gasteiger partial charge in [-0.25, -0.2) is 4.98 Å². The van der Waals surface area contributed by atoms with Gasteiger partial charge in [0, 0.05) is 24.2 Å². The second-order valence-corrected chi connectivity index (χ2v) is 6.65. The average molecular weight is 287 g/mol. The second kappa shape index (κ2) is 6.31. The van der Waals surface area contributed by atoms with Gasteiger partial charge in [0.25, 0.3) is 0 Å². The maximum Gasteiger partial charge on any atom is 0.133 e. The van der Waals surface area contributed by atoms with Crippen LogP contribution in [0.4, 0.5) is 5.82 Å². The number of aromatic nitrogens is 1. The monoisotopic (exact) mass is 287 g/mol. The van der Waals surface area contributed by atoms with Crippen LogP contribution < -0.4 is 15.8 Å². The van der Waals surface area contributed by atoms with Gasteiger partial charge in [0.1, 0.15) is 11.6 Å². The smallest absolute Gasteiger partial charge is 0.133 e. The Morgan fingerprint density at radius 1 is 1.29 bits per heavy atom. The van der Waals surface area contributed by atoms with E-state index in [1.165, 1.54) is 0 Å². The Morgan fingerprint density at radius 3 is 2.71 bits per heavy atom. The van der Waals surface area contributed by atoms with E-state index in [0.717, 1.165) is 35.3 Å². The summed E-state index contributed by atoms with van der Waals surface area (Å²) in [6.45, 7) is 7.33. The predicted octanol–water partition coefficient (Wildman–Crippen LogP) is 3.42. The van der Waals surface area contributed by atoms with Gasteiger partial charge in [-0.3, -0.25) is 0 Å². The molecule has 0 fully saturated rings. The molecule has 0 bridgehead atoms. The van der Waals surface area contributed by atoms with E-state index < -0.39 is 0 Å². The molecule has 114 valence electrons. The Bertz CT molecular complexity index is 604. The van der Waals surface area contributed by atoms with E-state index in [2.05, 4.69) is 31.1 Å². The SMILES string of the molecule is COc1ccc2c(NCC(N)CC(C)(C)C)nccc2c1. The molecule has 2 rings (SSSR count). The van der Waals surface area contributed by atoms with Crippen LogP contribution in [0, 0.1) is 5.41 Å². The number of methoxy groups -OCH3 is 1. The van der Waals surface area contributed by atoms with Crippen LogP contribution in [-0.2, 0) is 0 Å². The van der Waals surface area contributed by atoms with Crippen LogP contribution in [0.5, 0.6) is 5.75 Å². The summed E-state index contributed by atoms with van der Waals surface area (Å²) in [5.41, 5.74) is 6.42. The summed E-state index contributed by atoms with van der Waals surface area (Å²) < 4.78 is 5.25. The molecular weight excluding hydrogens is 262 g/mol. The van der Waals surface area contributed by atoms with Crippen molar-refractivity contribution in [3.63, 3.8) is 0 Å². The normalized spacial score (nSPS) is 13.2. The fraction of sp³-hybridized carbons (Fsp3) is 0.471. The van der Waals surface area contributed by atoms with Gasteiger partial charge < -0.3 is 15.8 Å². The van der Waals surface area contributed by atoms with Gasteiger partial charge in [-0.1, -0.05) is 20.8 Å². The van der Waals surface area contributed by atoms with E-state index in [4.69, 9.17) is 10.5 Å². The molecule has 3 N–H and O–H groups in total. The van der Waals surface area contributed by atoms with Crippen molar-refractivity contribution >= 4 is 16.6 Å². The van der Waals surface area contributed by atoms with Crippen molar-refractivity contribution in [2.75, 3.05) is 19.0 Å². The number of rotatable bonds is 5. The maximum absolute atomic E-state index is 6.19. The molecule has 0 amide bonds. The summed E-state index contributed by atoms with van der Waals surface area (Å²) in [4.78, 5) is 4.42. The lowest BCUT2D eigenvalue weighted by Gasteiger charge is -2.23. The first kappa shape index (κ1) is 15.6. The van der Waals surface area contributed by atoms with E-state index in [1.807, 2.05) is 24.3 Å². The molecule has 1 heterocycles. The highest BCUT2D eigenvalue weighted by Gasteiger charge is 2.15. The molecule has 0 radical (unpaired) electrons. The Kier molecular flexibility index (Phi) is 4.68. The van der Waals surface area contributed by atoms with Gasteiger partial charge in [0.15, 0.2) is 0 Å². The lowest BCUT2D eigenvalue weighted by atomic mass is 9.88. The highest BCUT2D eigenvalue weighted by atomic mass is 16.5. The molecule has 1 aromatic heterocycles. The van der Waals surface area contributed by atoms with Crippen molar-refractivity contribution in [1.82, 2.24) is 4.98 Å². The van der Waals surface area contributed by atoms with Gasteiger partial charge in [0.2, 0.25) is 0 Å². The number of nitrogens with two attached hydrogens (primary N) is 1. The molecule has 1 atom stereocenters. The lowest BCUT2D eigenvalue weighted by molar-refractivity contribution is 0.344. The molecular formula is C17H25N3O. The maximum atomic E-state index is 6.19. The van der Waals surface area contributed by atoms with E-state index in [9.17, 15) is 0 Å². The quantitative estimate of drug-likeness (QED) is 0.884. The van der Waals surface area contributed by atoms with E-state index in [1.54, 1.807) is 13.3 Å². The number of benzene rings is 1. The lowest BCUT2D eigenvalue weighted by Crippen LogP contribution is -2.33. The number of fused-ring (bicyclic) bond motifs is 1. The molecule has 0 spiro atoms. The number of hydrogen-bond acceptors (Lipinski definition) is 4. The molecule has 1 unspecified atom stereocenters. The standard InChI is InChI=1S/C17H25N3O/c1-17(2,3)10-13(18)11-20-16-15-6-5-14(21-4)9-12(15)7-8-19-16/h5-9,13H,10-11,18H2,1-4H3,(H,19,20). The van der Waals surface area contributed by atoms with Crippen molar-refractivity contribution in [3.05, 3.63) is 30.5 Å². The van der Waals surface area contributed by atoms with Crippen LogP contribution >= 0.6 is 0 Å². The molecule has 0 aliphatic rings. The summed E-state index contributed by atoms with van der Waals surface area (Å²) in [7, 11) is 1.67. The van der Waals surface area contributed by atoms with Crippen LogP contribution in [-0.4, -0.2) is 24.7 Å². The first-order chi connectivity index (χ1) is 9.89. The number of nitrogens with zero attached hydrogens (tertiary/aromatic N) is 1. The van der Waals surface area contributed by atoms with Gasteiger partial charge >= 0.3 is 0 Å². The van der Waals surface area contributed by atoms with E-state index >= 15 is 0 Å². The molecule has 0 aliphatic heterocycles. The fourth-order valence-corrected chi connectivity index (χ4v) is 2.51. The van der Waals surface area contributed by atoms with Crippen LogP contribution in [0.3, 0.4) is 0 Å². The summed E-state index contributed by atoms with van der Waals surface area (Å²) in [6, 6.07) is 8.08. The first-order valence-corrected chi connectivity index (χ1v) is 7.31. The van der Waals surface area contributed by atoms with E-state index in [0.29, 0.717) is 0 Å². The Hall–Kier alpha value is -1.81. The summed E-state index contributed by atoms with van der Waals surface area (Å²) in [6.07, 6.45) is 2.78. The predicted molar refractivity (Wildman–Crippen MR) is 88.8 cm³/mol. The minimum absolute atomic E-state index is 0.111. The summed E-state index contributed by atoms with van der Waals surface area (Å²) >= 11 is 0. The summed E-state index contributed by atoms with van der Waals surface area (Å²) in [5.74, 6) is 1.73. The van der Waals surface area contributed by atoms with Gasteiger partial charge in [-0.15, -0.1) is 0 Å². The zero-order valence-corrected chi connectivity index (χ0v) is 13.3. The fourth-order valence-electron chi connectivity index (χ4n) is 2.51. The number of hydrogen-bond donors (Lipinski definition) is 2. The zero-order chi connectivity index (χ0) is 15.5. The summed E-state index contributed by atoms with van der Waals surface area (Å²) in [5, 5.41) is 5.56. The van der Waals surface area contributed by atoms with Gasteiger partial charge in [-0.05, 0) is 41.5 Å². The molecule has 2 aromatic rings. The third-order valence-electron chi connectivity index (χ3n) is 3.38. The minimum atomic E-state index is 0.111. The number of nitrogens with one attached hydrogen (secondary N) is 1. The van der Waals surface area contributed by atoms with Gasteiger partial charge in [0.05, 0.1) is 7.11 Å². The third kappa shape index (κ3) is 4.33. The van der Waals surface area contributed by atoms with Crippen molar-refractivity contribution in [2.45, 2.75) is 33.2 Å². The Morgan fingerprint density at radius 2 is 2.05 bits per heavy atom. The molecule has 4 nitrogen and oxygen atoms in total. The largest absolute Gasteiger partial charge is 0.497 e. The minimum Gasteiger partial charge on any atom is -0.497 e. The van der Waals surface area contributed by atoms with Crippen molar-refractivity contribution in [2.24, 2.45) is 11.1 Å². The van der Waals surface area contributed by atoms with Crippen molar-refractivity contribution in [1.29, 1.82) is 0 Å². The third-order valence-corrected chi connectivity index (χ3v) is 3.38. The molecule has 0 aliphatic carbocycles. The molecule has 0 saturated carbocycles. The molecule has 0 saturated heterocycles. The first-order valence-electron chi connectivity index (χ1n) is 7.31. The molecule has 4 heteroatoms. The average Bonchev–Trinajstić information content (AvgIpc) is 2.42. The highest BCUT2D eigenvalue weighted by Crippen LogP contribution is 2.25. The second-order valence-electron chi connectivity index (χ2n) is 6.65. The number of anilines is 1. The topological polar surface area (TPSA) is 60.2 Å². The van der Waals surface area contributed by atoms with Gasteiger partial charge in [-0.2, -0.15) is 0 Å². The number of ether oxygens (including phenoxy) is 1.